The molecule has 3 aliphatic heterocycles. The molecule has 3 N–H and O–H groups in total. The van der Waals surface area contributed by atoms with E-state index in [9.17, 15) is 19.2 Å². The van der Waals surface area contributed by atoms with E-state index in [2.05, 4.69) is 31.9 Å². The Balaban J connectivity index is 1.03. The number of carbonyl (C=O) groups excluding carboxylic acids is 2. The summed E-state index contributed by atoms with van der Waals surface area (Å²) in [5.74, 6) is -0.387. The van der Waals surface area contributed by atoms with Crippen LogP contribution in [-0.2, 0) is 20.9 Å². The van der Waals surface area contributed by atoms with E-state index in [1.165, 1.54) is 6.07 Å². The molecule has 3 fully saturated rings. The summed E-state index contributed by atoms with van der Waals surface area (Å²) in [5.41, 5.74) is 2.21. The Morgan fingerprint density at radius 2 is 1.91 bits per heavy atom. The number of nitrogens with one attached hydrogen (secondary N) is 3. The molecule has 3 saturated heterocycles. The van der Waals surface area contributed by atoms with E-state index in [1.54, 1.807) is 12.3 Å². The zero-order valence-corrected chi connectivity index (χ0v) is 26.3. The minimum absolute atomic E-state index is 0.215. The lowest BCUT2D eigenvalue weighted by molar-refractivity contribution is -0.134. The molecule has 1 atom stereocenters. The first kappa shape index (κ1) is 31.9. The molecule has 3 aliphatic rings. The minimum Gasteiger partial charge on any atom is -0.381 e. The Hall–Kier alpha value is -4.11. The molecule has 12 heteroatoms. The maximum atomic E-state index is 15.0. The van der Waals surface area contributed by atoms with Crippen LogP contribution in [0.25, 0.3) is 11.3 Å². The molecule has 1 aromatic carbocycles. The molecule has 0 saturated carbocycles. The number of halogens is 2. The minimum atomic E-state index is -0.633. The van der Waals surface area contributed by atoms with E-state index in [1.807, 2.05) is 30.3 Å². The van der Waals surface area contributed by atoms with Crippen LogP contribution in [0.5, 0.6) is 0 Å². The summed E-state index contributed by atoms with van der Waals surface area (Å²) in [4.78, 5) is 35.2. The van der Waals surface area contributed by atoms with Gasteiger partial charge >= 0.3 is 0 Å². The number of imide groups is 1. The highest BCUT2D eigenvalue weighted by atomic mass is 35.5. The number of pyridine rings is 2. The van der Waals surface area contributed by atoms with E-state index >= 15 is 0 Å². The molecule has 0 radical (unpaired) electrons. The topological polar surface area (TPSA) is 132 Å². The summed E-state index contributed by atoms with van der Waals surface area (Å²) >= 11 is 6.57. The van der Waals surface area contributed by atoms with Crippen molar-refractivity contribution in [3.8, 4) is 17.3 Å². The SMILES string of the molecule is N#CC1(CNc2cccc(-c3cc(NC4CCN(Cc5ccc(C6CCC(=O)NC6=O)c(F)c5)CC4)ncc3Cl)n2)CCOCC1. The van der Waals surface area contributed by atoms with Gasteiger partial charge in [-0.25, -0.2) is 14.4 Å². The number of benzene rings is 1. The van der Waals surface area contributed by atoms with E-state index in [0.29, 0.717) is 67.7 Å². The summed E-state index contributed by atoms with van der Waals surface area (Å²) in [6, 6.07) is 15.4. The zero-order chi connectivity index (χ0) is 32.1. The third-order valence-electron chi connectivity index (χ3n) is 9.20. The van der Waals surface area contributed by atoms with Crippen LogP contribution in [0.2, 0.25) is 5.02 Å². The standard InChI is InChI=1S/C34H37ClFN7O3/c35-27-18-38-31(17-26(27)29-2-1-3-30(41-29)39-21-34(20-37)10-14-46-15-11-34)40-23-8-12-43(13-9-23)19-22-4-5-24(28(36)16-22)25-6-7-32(44)42-33(25)45/h1-5,16-18,23,25H,6-15,19,21H2,(H,38,40)(H,39,41)(H,42,44,45). The van der Waals surface area contributed by atoms with Gasteiger partial charge in [0.15, 0.2) is 0 Å². The van der Waals surface area contributed by atoms with E-state index in [-0.39, 0.29) is 18.4 Å². The van der Waals surface area contributed by atoms with E-state index in [4.69, 9.17) is 21.3 Å². The smallest absolute Gasteiger partial charge is 0.234 e. The van der Waals surface area contributed by atoms with Crippen molar-refractivity contribution in [1.82, 2.24) is 20.2 Å². The highest BCUT2D eigenvalue weighted by molar-refractivity contribution is 6.33. The van der Waals surface area contributed by atoms with Crippen LogP contribution in [0.4, 0.5) is 16.0 Å². The van der Waals surface area contributed by atoms with Crippen LogP contribution in [0, 0.1) is 22.6 Å². The van der Waals surface area contributed by atoms with Gasteiger partial charge in [0, 0.05) is 69.2 Å². The number of carbonyl (C=O) groups is 2. The molecule has 0 aliphatic carbocycles. The number of nitriles is 1. The number of nitrogens with zero attached hydrogens (tertiary/aromatic N) is 4. The molecule has 46 heavy (non-hydrogen) atoms. The number of hydrogen-bond donors (Lipinski definition) is 3. The number of rotatable bonds is 9. The van der Waals surface area contributed by atoms with Gasteiger partial charge < -0.3 is 15.4 Å². The first-order valence-corrected chi connectivity index (χ1v) is 16.2. The van der Waals surface area contributed by atoms with Crippen molar-refractivity contribution in [1.29, 1.82) is 5.26 Å². The summed E-state index contributed by atoms with van der Waals surface area (Å²) in [5, 5.41) is 19.5. The normalized spacial score (nSPS) is 20.5. The number of piperidine rings is 2. The average Bonchev–Trinajstić information content (AvgIpc) is 3.07. The molecule has 2 amide bonds. The van der Waals surface area contributed by atoms with Crippen LogP contribution in [0.3, 0.4) is 0 Å². The monoisotopic (exact) mass is 645 g/mol. The lowest BCUT2D eigenvalue weighted by Gasteiger charge is -2.32. The summed E-state index contributed by atoms with van der Waals surface area (Å²) in [7, 11) is 0. The van der Waals surface area contributed by atoms with Crippen molar-refractivity contribution < 1.29 is 18.7 Å². The van der Waals surface area contributed by atoms with Gasteiger partial charge in [-0.2, -0.15) is 5.26 Å². The Bertz CT molecular complexity index is 1630. The van der Waals surface area contributed by atoms with Crippen molar-refractivity contribution >= 4 is 35.1 Å². The fourth-order valence-corrected chi connectivity index (χ4v) is 6.59. The summed E-state index contributed by atoms with van der Waals surface area (Å²) in [6.45, 7) is 3.96. The number of amides is 2. The fourth-order valence-electron chi connectivity index (χ4n) is 6.39. The highest BCUT2D eigenvalue weighted by Crippen LogP contribution is 2.32. The van der Waals surface area contributed by atoms with E-state index < -0.39 is 23.1 Å². The highest BCUT2D eigenvalue weighted by Gasteiger charge is 2.33. The molecule has 0 spiro atoms. The number of likely N-dealkylation sites (tertiary alicyclic amines) is 1. The maximum absolute atomic E-state index is 15.0. The van der Waals surface area contributed by atoms with Crippen LogP contribution in [0.1, 0.15) is 55.6 Å². The van der Waals surface area contributed by atoms with Gasteiger partial charge in [0.1, 0.15) is 17.5 Å². The Labute approximate surface area is 272 Å². The van der Waals surface area contributed by atoms with Gasteiger partial charge in [0.05, 0.1) is 28.1 Å². The van der Waals surface area contributed by atoms with Crippen LogP contribution in [0.15, 0.2) is 48.7 Å². The molecule has 5 heterocycles. The largest absolute Gasteiger partial charge is 0.381 e. The second-order valence-electron chi connectivity index (χ2n) is 12.4. The number of ether oxygens (including phenoxy) is 1. The maximum Gasteiger partial charge on any atom is 0.234 e. The Morgan fingerprint density at radius 3 is 2.65 bits per heavy atom. The quantitative estimate of drug-likeness (QED) is 0.266. The second kappa shape index (κ2) is 14.1. The fraction of sp³-hybridized carbons (Fsp3) is 0.441. The molecule has 6 rings (SSSR count). The summed E-state index contributed by atoms with van der Waals surface area (Å²) in [6.07, 6.45) is 5.34. The lowest BCUT2D eigenvalue weighted by atomic mass is 9.82. The third-order valence-corrected chi connectivity index (χ3v) is 9.50. The first-order valence-electron chi connectivity index (χ1n) is 15.8. The number of anilines is 2. The number of aromatic nitrogens is 2. The summed E-state index contributed by atoms with van der Waals surface area (Å²) < 4.78 is 20.4. The predicted molar refractivity (Wildman–Crippen MR) is 173 cm³/mol. The molecular formula is C34H37ClFN7O3. The van der Waals surface area contributed by atoms with Crippen molar-refractivity contribution in [3.63, 3.8) is 0 Å². The van der Waals surface area contributed by atoms with E-state index in [0.717, 1.165) is 42.9 Å². The molecule has 3 aromatic rings. The first-order chi connectivity index (χ1) is 22.3. The predicted octanol–water partition coefficient (Wildman–Crippen LogP) is 5.27. The van der Waals surface area contributed by atoms with Crippen molar-refractivity contribution in [3.05, 3.63) is 70.6 Å². The van der Waals surface area contributed by atoms with Gasteiger partial charge in [0.2, 0.25) is 11.8 Å². The molecule has 10 nitrogen and oxygen atoms in total. The van der Waals surface area contributed by atoms with Crippen LogP contribution >= 0.6 is 11.6 Å². The number of hydrogen-bond acceptors (Lipinski definition) is 9. The van der Waals surface area contributed by atoms with Gasteiger partial charge in [-0.15, -0.1) is 0 Å². The molecule has 240 valence electrons. The Kier molecular flexibility index (Phi) is 9.78. The van der Waals surface area contributed by atoms with Gasteiger partial charge in [-0.1, -0.05) is 29.8 Å². The second-order valence-corrected chi connectivity index (χ2v) is 12.8. The van der Waals surface area contributed by atoms with Gasteiger partial charge in [-0.05, 0) is 61.9 Å². The lowest BCUT2D eigenvalue weighted by Crippen LogP contribution is -2.40. The zero-order valence-electron chi connectivity index (χ0n) is 25.5. The molecule has 1 unspecified atom stereocenters. The van der Waals surface area contributed by atoms with Gasteiger partial charge in [0.25, 0.3) is 0 Å². The van der Waals surface area contributed by atoms with Crippen molar-refractivity contribution in [2.75, 3.05) is 43.5 Å². The van der Waals surface area contributed by atoms with Crippen molar-refractivity contribution in [2.24, 2.45) is 5.41 Å². The Morgan fingerprint density at radius 1 is 1.11 bits per heavy atom. The van der Waals surface area contributed by atoms with Crippen LogP contribution in [-0.4, -0.2) is 65.6 Å². The third kappa shape index (κ3) is 7.47. The van der Waals surface area contributed by atoms with Crippen LogP contribution < -0.4 is 16.0 Å². The molecule has 0 bridgehead atoms. The van der Waals surface area contributed by atoms with Gasteiger partial charge in [-0.3, -0.25) is 19.8 Å². The van der Waals surface area contributed by atoms with Crippen molar-refractivity contribution in [2.45, 2.75) is 57.0 Å². The average molecular weight is 646 g/mol. The molecular weight excluding hydrogens is 609 g/mol. The molecule has 2 aromatic heterocycles.